The number of ether oxygens (including phenoxy) is 2. The SMILES string of the molecule is COc1c(Cl)ccc(Cl)c1C(=O)O.c1ccc(CN2CCOCC2)cc1. The average Bonchev–Trinajstić information content (AvgIpc) is 2.65. The zero-order valence-corrected chi connectivity index (χ0v) is 16.0. The molecule has 0 radical (unpaired) electrons. The molecule has 0 amide bonds. The van der Waals surface area contributed by atoms with Crippen molar-refractivity contribution in [3.63, 3.8) is 0 Å². The second-order valence-corrected chi connectivity index (χ2v) is 6.43. The molecule has 26 heavy (non-hydrogen) atoms. The van der Waals surface area contributed by atoms with E-state index in [1.807, 2.05) is 0 Å². The third kappa shape index (κ3) is 5.88. The highest BCUT2D eigenvalue weighted by Gasteiger charge is 2.18. The quantitative estimate of drug-likeness (QED) is 0.836. The van der Waals surface area contributed by atoms with Gasteiger partial charge in [-0.2, -0.15) is 0 Å². The maximum absolute atomic E-state index is 10.7. The summed E-state index contributed by atoms with van der Waals surface area (Å²) in [5, 5.41) is 9.11. The first-order valence-corrected chi connectivity index (χ1v) is 8.87. The smallest absolute Gasteiger partial charge is 0.341 e. The Morgan fingerprint density at radius 2 is 1.73 bits per heavy atom. The molecule has 1 heterocycles. The molecule has 0 aliphatic carbocycles. The van der Waals surface area contributed by atoms with Crippen LogP contribution in [0.5, 0.6) is 5.75 Å². The fourth-order valence-electron chi connectivity index (χ4n) is 2.53. The molecular formula is C19H21Cl2NO4. The van der Waals surface area contributed by atoms with Crippen LogP contribution in [-0.2, 0) is 11.3 Å². The molecule has 0 unspecified atom stereocenters. The van der Waals surface area contributed by atoms with Gasteiger partial charge in [-0.25, -0.2) is 4.79 Å². The Labute approximate surface area is 163 Å². The highest BCUT2D eigenvalue weighted by molar-refractivity contribution is 6.36. The monoisotopic (exact) mass is 397 g/mol. The van der Waals surface area contributed by atoms with E-state index in [2.05, 4.69) is 35.2 Å². The summed E-state index contributed by atoms with van der Waals surface area (Å²) in [7, 11) is 1.34. The van der Waals surface area contributed by atoms with Gasteiger partial charge in [0.2, 0.25) is 0 Å². The van der Waals surface area contributed by atoms with Crippen LogP contribution in [0.25, 0.3) is 0 Å². The van der Waals surface area contributed by atoms with Gasteiger partial charge >= 0.3 is 5.97 Å². The molecule has 7 heteroatoms. The fourth-order valence-corrected chi connectivity index (χ4v) is 3.00. The third-order valence-corrected chi connectivity index (χ3v) is 4.44. The minimum absolute atomic E-state index is 0.0849. The second kappa shape index (κ2) is 10.4. The van der Waals surface area contributed by atoms with Gasteiger partial charge in [-0.1, -0.05) is 53.5 Å². The van der Waals surface area contributed by atoms with Crippen molar-refractivity contribution >= 4 is 29.2 Å². The van der Waals surface area contributed by atoms with E-state index in [1.54, 1.807) is 0 Å². The van der Waals surface area contributed by atoms with E-state index in [1.165, 1.54) is 24.8 Å². The summed E-state index contributed by atoms with van der Waals surface area (Å²) in [5.41, 5.74) is 1.28. The number of hydrogen-bond donors (Lipinski definition) is 1. The number of methoxy groups -OCH3 is 1. The molecule has 1 aliphatic rings. The second-order valence-electron chi connectivity index (χ2n) is 5.62. The van der Waals surface area contributed by atoms with Gasteiger partial charge in [-0.05, 0) is 17.7 Å². The van der Waals surface area contributed by atoms with Crippen molar-refractivity contribution < 1.29 is 19.4 Å². The van der Waals surface area contributed by atoms with Crippen molar-refractivity contribution in [2.75, 3.05) is 33.4 Å². The van der Waals surface area contributed by atoms with Crippen LogP contribution in [0.1, 0.15) is 15.9 Å². The molecule has 0 bridgehead atoms. The van der Waals surface area contributed by atoms with E-state index in [-0.39, 0.29) is 21.4 Å². The van der Waals surface area contributed by atoms with Crippen molar-refractivity contribution in [3.05, 3.63) is 63.6 Å². The molecule has 5 nitrogen and oxygen atoms in total. The van der Waals surface area contributed by atoms with E-state index >= 15 is 0 Å². The summed E-state index contributed by atoms with van der Waals surface area (Å²) in [6.45, 7) is 4.95. The van der Waals surface area contributed by atoms with Crippen LogP contribution in [-0.4, -0.2) is 49.4 Å². The van der Waals surface area contributed by atoms with Gasteiger partial charge in [-0.3, -0.25) is 4.90 Å². The Bertz CT molecular complexity index is 719. The van der Waals surface area contributed by atoms with E-state index in [4.69, 9.17) is 37.8 Å². The normalized spacial score (nSPS) is 14.3. The number of hydrogen-bond acceptors (Lipinski definition) is 4. The van der Waals surface area contributed by atoms with Crippen LogP contribution in [0.3, 0.4) is 0 Å². The lowest BCUT2D eigenvalue weighted by molar-refractivity contribution is 0.0342. The molecule has 2 aromatic carbocycles. The number of benzene rings is 2. The molecule has 1 aliphatic heterocycles. The summed E-state index contributed by atoms with van der Waals surface area (Å²) in [4.78, 5) is 13.2. The topological polar surface area (TPSA) is 59.0 Å². The van der Waals surface area contributed by atoms with Crippen LogP contribution in [0.2, 0.25) is 10.0 Å². The Morgan fingerprint density at radius 1 is 1.12 bits per heavy atom. The number of carbonyl (C=O) groups is 1. The maximum atomic E-state index is 10.7. The molecule has 2 aromatic rings. The fraction of sp³-hybridized carbons (Fsp3) is 0.316. The molecule has 1 saturated heterocycles. The summed E-state index contributed by atoms with van der Waals surface area (Å²) >= 11 is 11.4. The van der Waals surface area contributed by atoms with E-state index < -0.39 is 5.97 Å². The summed E-state index contributed by atoms with van der Waals surface area (Å²) in [5.74, 6) is -1.08. The van der Waals surface area contributed by atoms with Gasteiger partial charge in [0.1, 0.15) is 5.56 Å². The van der Waals surface area contributed by atoms with Crippen molar-refractivity contribution in [1.82, 2.24) is 4.90 Å². The molecule has 1 fully saturated rings. The van der Waals surface area contributed by atoms with Gasteiger partial charge < -0.3 is 14.6 Å². The summed E-state index contributed by atoms with van der Waals surface area (Å²) in [6, 6.07) is 13.5. The number of carboxylic acids is 1. The van der Waals surface area contributed by atoms with Gasteiger partial charge in [0.05, 0.1) is 30.4 Å². The molecule has 0 aromatic heterocycles. The van der Waals surface area contributed by atoms with Crippen molar-refractivity contribution in [2.24, 2.45) is 0 Å². The standard InChI is InChI=1S/C11H15NO.C8H6Cl2O3/c1-2-4-11(5-3-1)10-12-6-8-13-9-7-12;1-13-7-5(10)3-2-4(9)6(7)8(11)12/h1-5H,6-10H2;2-3H,1H3,(H,11,12). The first kappa shape index (κ1) is 20.5. The molecule has 3 rings (SSSR count). The molecular weight excluding hydrogens is 377 g/mol. The highest BCUT2D eigenvalue weighted by Crippen LogP contribution is 2.33. The van der Waals surface area contributed by atoms with Gasteiger partial charge in [-0.15, -0.1) is 0 Å². The van der Waals surface area contributed by atoms with E-state index in [9.17, 15) is 4.79 Å². The number of carboxylic acid groups (broad SMARTS) is 1. The maximum Gasteiger partial charge on any atom is 0.341 e. The van der Waals surface area contributed by atoms with Gasteiger partial charge in [0.15, 0.2) is 5.75 Å². The van der Waals surface area contributed by atoms with E-state index in [0.29, 0.717) is 0 Å². The van der Waals surface area contributed by atoms with Crippen LogP contribution >= 0.6 is 23.2 Å². The zero-order chi connectivity index (χ0) is 18.9. The van der Waals surface area contributed by atoms with Gasteiger partial charge in [0, 0.05) is 19.6 Å². The number of rotatable bonds is 4. The average molecular weight is 398 g/mol. The van der Waals surface area contributed by atoms with Crippen LogP contribution in [0.15, 0.2) is 42.5 Å². The van der Waals surface area contributed by atoms with Crippen molar-refractivity contribution in [3.8, 4) is 5.75 Å². The van der Waals surface area contributed by atoms with Crippen molar-refractivity contribution in [1.29, 1.82) is 0 Å². The molecule has 0 saturated carbocycles. The van der Waals surface area contributed by atoms with Crippen LogP contribution in [0, 0.1) is 0 Å². The first-order valence-electron chi connectivity index (χ1n) is 8.12. The Morgan fingerprint density at radius 3 is 2.27 bits per heavy atom. The lowest BCUT2D eigenvalue weighted by Crippen LogP contribution is -2.35. The molecule has 1 N–H and O–H groups in total. The van der Waals surface area contributed by atoms with Crippen molar-refractivity contribution in [2.45, 2.75) is 6.54 Å². The number of aromatic carboxylic acids is 1. The lowest BCUT2D eigenvalue weighted by Gasteiger charge is -2.26. The Hall–Kier alpha value is -1.79. The Kier molecular flexibility index (Phi) is 8.19. The number of morpholine rings is 1. The molecule has 0 spiro atoms. The highest BCUT2D eigenvalue weighted by atomic mass is 35.5. The van der Waals surface area contributed by atoms with Crippen LogP contribution < -0.4 is 4.74 Å². The minimum Gasteiger partial charge on any atom is -0.494 e. The molecule has 140 valence electrons. The largest absolute Gasteiger partial charge is 0.494 e. The summed E-state index contributed by atoms with van der Waals surface area (Å²) in [6.07, 6.45) is 0. The zero-order valence-electron chi connectivity index (χ0n) is 14.5. The summed E-state index contributed by atoms with van der Waals surface area (Å²) < 4.78 is 10.1. The van der Waals surface area contributed by atoms with Crippen LogP contribution in [0.4, 0.5) is 0 Å². The number of nitrogens with zero attached hydrogens (tertiary/aromatic N) is 1. The minimum atomic E-state index is -1.16. The predicted octanol–water partition coefficient (Wildman–Crippen LogP) is 4.22. The van der Waals surface area contributed by atoms with Gasteiger partial charge in [0.25, 0.3) is 0 Å². The predicted molar refractivity (Wildman–Crippen MR) is 103 cm³/mol. The lowest BCUT2D eigenvalue weighted by atomic mass is 10.2. The first-order chi connectivity index (χ1) is 12.5. The van der Waals surface area contributed by atoms with E-state index in [0.717, 1.165) is 32.8 Å². The number of halogens is 2. The Balaban J connectivity index is 0.000000187. The molecule has 0 atom stereocenters. The third-order valence-electron chi connectivity index (χ3n) is 3.83.